The summed E-state index contributed by atoms with van der Waals surface area (Å²) < 4.78 is 1.45. The number of ketones is 1. The molecule has 2 aromatic rings. The Bertz CT molecular complexity index is 789. The van der Waals surface area contributed by atoms with Crippen LogP contribution in [0.5, 0.6) is 0 Å². The van der Waals surface area contributed by atoms with Crippen molar-refractivity contribution in [2.45, 2.75) is 33.2 Å². The van der Waals surface area contributed by atoms with Crippen LogP contribution in [0.3, 0.4) is 0 Å². The van der Waals surface area contributed by atoms with Gasteiger partial charge in [-0.1, -0.05) is 6.92 Å². The molecule has 1 unspecified atom stereocenters. The fraction of sp³-hybridized carbons (Fsp3) is 0.312. The van der Waals surface area contributed by atoms with Crippen molar-refractivity contribution in [3.8, 4) is 0 Å². The topological polar surface area (TPSA) is 76.4 Å². The van der Waals surface area contributed by atoms with Crippen LogP contribution in [0.25, 0.3) is 10.9 Å². The predicted molar refractivity (Wildman–Crippen MR) is 79.9 cm³/mol. The normalized spacial score (nSPS) is 12.3. The van der Waals surface area contributed by atoms with E-state index in [9.17, 15) is 14.4 Å². The van der Waals surface area contributed by atoms with Gasteiger partial charge in [-0.05, 0) is 49.4 Å². The highest BCUT2D eigenvalue weighted by atomic mass is 16.4. The fourth-order valence-corrected chi connectivity index (χ4v) is 2.45. The number of nitrogens with zero attached hydrogens (tertiary/aromatic N) is 1. The summed E-state index contributed by atoms with van der Waals surface area (Å²) in [4.78, 5) is 35.0. The molecule has 5 nitrogen and oxygen atoms in total. The maximum Gasteiger partial charge on any atom is 0.335 e. The van der Waals surface area contributed by atoms with Gasteiger partial charge in [-0.2, -0.15) is 0 Å². The highest BCUT2D eigenvalue weighted by Crippen LogP contribution is 2.23. The van der Waals surface area contributed by atoms with Crippen molar-refractivity contribution in [1.29, 1.82) is 0 Å². The zero-order chi connectivity index (χ0) is 15.7. The third kappa shape index (κ3) is 2.59. The van der Waals surface area contributed by atoms with Gasteiger partial charge in [0.1, 0.15) is 0 Å². The van der Waals surface area contributed by atoms with Gasteiger partial charge in [-0.25, -0.2) is 4.79 Å². The monoisotopic (exact) mass is 287 g/mol. The Morgan fingerprint density at radius 2 is 1.95 bits per heavy atom. The minimum Gasteiger partial charge on any atom is -0.478 e. The zero-order valence-electron chi connectivity index (χ0n) is 12.2. The molecular weight excluding hydrogens is 270 g/mol. The number of Topliss-reactive ketones (excluding diaryl/α,β-unsaturated/α-hetero) is 1. The number of aromatic nitrogens is 1. The smallest absolute Gasteiger partial charge is 0.335 e. The first-order chi connectivity index (χ1) is 9.86. The van der Waals surface area contributed by atoms with Crippen LogP contribution in [0.15, 0.2) is 29.1 Å². The number of hydrogen-bond donors (Lipinski definition) is 1. The van der Waals surface area contributed by atoms with Gasteiger partial charge >= 0.3 is 5.97 Å². The average Bonchev–Trinajstić information content (AvgIpc) is 2.45. The lowest BCUT2D eigenvalue weighted by Gasteiger charge is -2.18. The molecule has 0 fully saturated rings. The standard InChI is InChI=1S/C16H17NO4/c1-4-11-7-13(16(20)21)8-12-5-6-14(19)17(15(11)12)9(2)10(3)18/h5-9H,4H2,1-3H3,(H,20,21). The molecule has 1 N–H and O–H groups in total. The Morgan fingerprint density at radius 3 is 2.48 bits per heavy atom. The SMILES string of the molecule is CCc1cc(C(=O)O)cc2ccc(=O)n(C(C)C(C)=O)c12. The second-order valence-electron chi connectivity index (χ2n) is 5.06. The number of benzene rings is 1. The molecule has 0 spiro atoms. The van der Waals surface area contributed by atoms with E-state index in [-0.39, 0.29) is 16.9 Å². The van der Waals surface area contributed by atoms with Crippen molar-refractivity contribution >= 4 is 22.7 Å². The van der Waals surface area contributed by atoms with Crippen LogP contribution in [0.1, 0.15) is 42.7 Å². The maximum absolute atomic E-state index is 12.2. The average molecular weight is 287 g/mol. The predicted octanol–water partition coefficient (Wildman–Crippen LogP) is 2.41. The van der Waals surface area contributed by atoms with Crippen LogP contribution in [-0.2, 0) is 11.2 Å². The maximum atomic E-state index is 12.2. The molecule has 0 bridgehead atoms. The summed E-state index contributed by atoms with van der Waals surface area (Å²) in [5.41, 5.74) is 1.30. The van der Waals surface area contributed by atoms with E-state index < -0.39 is 12.0 Å². The Hall–Kier alpha value is -2.43. The Kier molecular flexibility index (Phi) is 3.93. The third-order valence-corrected chi connectivity index (χ3v) is 3.71. The van der Waals surface area contributed by atoms with Gasteiger partial charge in [0.05, 0.1) is 17.1 Å². The number of rotatable bonds is 4. The zero-order valence-corrected chi connectivity index (χ0v) is 12.2. The first-order valence-corrected chi connectivity index (χ1v) is 6.78. The first kappa shape index (κ1) is 15.0. The number of fused-ring (bicyclic) bond motifs is 1. The van der Waals surface area contributed by atoms with Crippen LogP contribution < -0.4 is 5.56 Å². The number of carboxylic acids is 1. The third-order valence-electron chi connectivity index (χ3n) is 3.71. The van der Waals surface area contributed by atoms with Crippen molar-refractivity contribution in [3.05, 3.63) is 45.7 Å². The number of pyridine rings is 1. The minimum atomic E-state index is -1.01. The lowest BCUT2D eigenvalue weighted by atomic mass is 10.0. The van der Waals surface area contributed by atoms with E-state index in [4.69, 9.17) is 5.11 Å². The van der Waals surface area contributed by atoms with E-state index in [0.717, 1.165) is 5.56 Å². The lowest BCUT2D eigenvalue weighted by Crippen LogP contribution is -2.27. The first-order valence-electron chi connectivity index (χ1n) is 6.78. The van der Waals surface area contributed by atoms with Crippen molar-refractivity contribution in [3.63, 3.8) is 0 Å². The van der Waals surface area contributed by atoms with Gasteiger partial charge in [0.25, 0.3) is 5.56 Å². The van der Waals surface area contributed by atoms with Gasteiger partial charge < -0.3 is 5.11 Å². The van der Waals surface area contributed by atoms with E-state index in [0.29, 0.717) is 17.3 Å². The molecule has 0 saturated carbocycles. The molecule has 0 amide bonds. The molecule has 1 aromatic carbocycles. The van der Waals surface area contributed by atoms with Gasteiger partial charge in [-0.15, -0.1) is 0 Å². The summed E-state index contributed by atoms with van der Waals surface area (Å²) in [6, 6.07) is 5.48. The van der Waals surface area contributed by atoms with Crippen molar-refractivity contribution in [2.24, 2.45) is 0 Å². The van der Waals surface area contributed by atoms with Gasteiger partial charge in [0.2, 0.25) is 0 Å². The Labute approximate surface area is 121 Å². The van der Waals surface area contributed by atoms with E-state index in [1.54, 1.807) is 19.1 Å². The van der Waals surface area contributed by atoms with Crippen LogP contribution in [0.4, 0.5) is 0 Å². The molecule has 1 atom stereocenters. The van der Waals surface area contributed by atoms with Crippen LogP contribution in [0, 0.1) is 0 Å². The number of carboxylic acid groups (broad SMARTS) is 1. The molecule has 5 heteroatoms. The molecule has 0 aliphatic heterocycles. The van der Waals surface area contributed by atoms with Gasteiger partial charge in [-0.3, -0.25) is 14.2 Å². The van der Waals surface area contributed by atoms with Crippen molar-refractivity contribution in [1.82, 2.24) is 4.57 Å². The second kappa shape index (κ2) is 5.52. The number of carbonyl (C=O) groups is 2. The summed E-state index contributed by atoms with van der Waals surface area (Å²) >= 11 is 0. The van der Waals surface area contributed by atoms with Gasteiger partial charge in [0, 0.05) is 6.07 Å². The molecule has 0 saturated heterocycles. The molecule has 0 aliphatic rings. The van der Waals surface area contributed by atoms with E-state index >= 15 is 0 Å². The molecular formula is C16H17NO4. The summed E-state index contributed by atoms with van der Waals surface area (Å²) in [7, 11) is 0. The summed E-state index contributed by atoms with van der Waals surface area (Å²) in [6.45, 7) is 5.00. The van der Waals surface area contributed by atoms with Crippen LogP contribution in [0.2, 0.25) is 0 Å². The van der Waals surface area contributed by atoms with Crippen LogP contribution >= 0.6 is 0 Å². The van der Waals surface area contributed by atoms with Crippen LogP contribution in [-0.4, -0.2) is 21.4 Å². The largest absolute Gasteiger partial charge is 0.478 e. The summed E-state index contributed by atoms with van der Waals surface area (Å²) in [5, 5.41) is 9.82. The Morgan fingerprint density at radius 1 is 1.29 bits per heavy atom. The molecule has 110 valence electrons. The molecule has 21 heavy (non-hydrogen) atoms. The summed E-state index contributed by atoms with van der Waals surface area (Å²) in [6.07, 6.45) is 0.575. The highest BCUT2D eigenvalue weighted by Gasteiger charge is 2.18. The number of hydrogen-bond acceptors (Lipinski definition) is 3. The molecule has 0 aliphatic carbocycles. The number of carbonyl (C=O) groups excluding carboxylic acids is 1. The molecule has 1 aromatic heterocycles. The molecule has 2 rings (SSSR count). The lowest BCUT2D eigenvalue weighted by molar-refractivity contribution is -0.119. The van der Waals surface area contributed by atoms with Crippen molar-refractivity contribution < 1.29 is 14.7 Å². The number of aryl methyl sites for hydroxylation is 1. The second-order valence-corrected chi connectivity index (χ2v) is 5.06. The fourth-order valence-electron chi connectivity index (χ4n) is 2.45. The minimum absolute atomic E-state index is 0.117. The highest BCUT2D eigenvalue weighted by molar-refractivity contribution is 5.95. The molecule has 1 heterocycles. The van der Waals surface area contributed by atoms with Crippen molar-refractivity contribution in [2.75, 3.05) is 0 Å². The molecule has 0 radical (unpaired) electrons. The quantitative estimate of drug-likeness (QED) is 0.936. The Balaban J connectivity index is 2.92. The van der Waals surface area contributed by atoms with E-state index in [1.807, 2.05) is 6.92 Å². The summed E-state index contributed by atoms with van der Waals surface area (Å²) in [5.74, 6) is -1.13. The van der Waals surface area contributed by atoms with E-state index in [1.165, 1.54) is 23.6 Å². The van der Waals surface area contributed by atoms with Gasteiger partial charge in [0.15, 0.2) is 5.78 Å². The van der Waals surface area contributed by atoms with E-state index in [2.05, 4.69) is 0 Å². The number of aromatic carboxylic acids is 1.